The Hall–Kier alpha value is -2.75. The number of rotatable bonds is 3. The van der Waals surface area contributed by atoms with Crippen LogP contribution in [-0.4, -0.2) is 55.7 Å². The van der Waals surface area contributed by atoms with Crippen molar-refractivity contribution in [2.75, 3.05) is 19.5 Å². The summed E-state index contributed by atoms with van der Waals surface area (Å²) in [6.07, 6.45) is 2.04. The third kappa shape index (κ3) is 8.94. The molecule has 4 N–H and O–H groups in total. The average molecular weight is 521 g/mol. The number of carbonyl (C=O) groups excluding carboxylic acids is 2. The van der Waals surface area contributed by atoms with Crippen molar-refractivity contribution in [2.45, 2.75) is 77.8 Å². The van der Waals surface area contributed by atoms with Gasteiger partial charge in [-0.05, 0) is 68.7 Å². The van der Waals surface area contributed by atoms with Crippen LogP contribution in [-0.2, 0) is 25.4 Å². The van der Waals surface area contributed by atoms with Crippen molar-refractivity contribution >= 4 is 17.7 Å². The zero-order valence-electron chi connectivity index (χ0n) is 22.6. The molecule has 0 aromatic heterocycles. The minimum Gasteiger partial charge on any atom is -0.439 e. The quantitative estimate of drug-likeness (QED) is 0.505. The molecule has 206 valence electrons. The fourth-order valence-corrected chi connectivity index (χ4v) is 4.76. The van der Waals surface area contributed by atoms with Gasteiger partial charge in [-0.15, -0.1) is 0 Å². The lowest BCUT2D eigenvalue weighted by molar-refractivity contribution is -0.112. The van der Waals surface area contributed by atoms with Crippen molar-refractivity contribution in [1.29, 1.82) is 0 Å². The van der Waals surface area contributed by atoms with Crippen molar-refractivity contribution in [3.05, 3.63) is 52.9 Å². The summed E-state index contributed by atoms with van der Waals surface area (Å²) in [5, 5.41) is 13.7. The normalized spacial score (nSPS) is 28.6. The van der Waals surface area contributed by atoms with E-state index in [0.717, 1.165) is 5.56 Å². The number of aliphatic hydroxyl groups is 1. The van der Waals surface area contributed by atoms with Crippen LogP contribution < -0.4 is 11.1 Å². The van der Waals surface area contributed by atoms with Gasteiger partial charge in [0.15, 0.2) is 6.10 Å². The summed E-state index contributed by atoms with van der Waals surface area (Å²) in [4.78, 5) is 24.4. The number of methoxy groups -OCH3 is 2. The Labute approximate surface area is 219 Å². The molecule has 1 aliphatic heterocycles. The predicted octanol–water partition coefficient (Wildman–Crippen LogP) is 4.51. The van der Waals surface area contributed by atoms with Crippen LogP contribution in [0.4, 0.5) is 14.9 Å². The van der Waals surface area contributed by atoms with E-state index in [9.17, 15) is 19.1 Å². The first-order valence-corrected chi connectivity index (χ1v) is 12.6. The first kappa shape index (κ1) is 30.5. The molecule has 8 nitrogen and oxygen atoms in total. The van der Waals surface area contributed by atoms with Gasteiger partial charge in [0.25, 0.3) is 5.91 Å². The summed E-state index contributed by atoms with van der Waals surface area (Å²) < 4.78 is 31.1. The number of allylic oxidation sites excluding steroid dienone is 1. The maximum atomic E-state index is 14.5. The van der Waals surface area contributed by atoms with Crippen LogP contribution in [0.15, 0.2) is 41.5 Å². The molecule has 9 heteroatoms. The van der Waals surface area contributed by atoms with Crippen molar-refractivity contribution < 1.29 is 33.3 Å². The Balaban J connectivity index is 2.47. The van der Waals surface area contributed by atoms with E-state index in [1.54, 1.807) is 39.2 Å². The lowest BCUT2D eigenvalue weighted by Gasteiger charge is -2.30. The van der Waals surface area contributed by atoms with Gasteiger partial charge in [0.05, 0.1) is 24.0 Å². The maximum absolute atomic E-state index is 14.5. The molecule has 1 aromatic carbocycles. The third-order valence-corrected chi connectivity index (χ3v) is 6.84. The Kier molecular flexibility index (Phi) is 11.7. The number of aliphatic hydroxyl groups excluding tert-OH is 1. The number of anilines is 1. The average Bonchev–Trinajstić information content (AvgIpc) is 2.84. The lowest BCUT2D eigenvalue weighted by Crippen LogP contribution is -2.37. The van der Waals surface area contributed by atoms with E-state index in [-0.39, 0.29) is 17.5 Å². The number of ether oxygens (including phenoxy) is 3. The number of halogens is 1. The molecule has 6 atom stereocenters. The molecule has 0 saturated heterocycles. The van der Waals surface area contributed by atoms with Crippen LogP contribution in [0, 0.1) is 17.7 Å². The lowest BCUT2D eigenvalue weighted by atomic mass is 9.88. The molecule has 0 fully saturated rings. The number of fused-ring (bicyclic) bond motifs is 2. The van der Waals surface area contributed by atoms with Crippen LogP contribution in [0.25, 0.3) is 0 Å². The summed E-state index contributed by atoms with van der Waals surface area (Å²) in [5.41, 5.74) is 7.43. The number of nitrogens with two attached hydrogens (primary N) is 1. The highest BCUT2D eigenvalue weighted by Gasteiger charge is 2.30. The van der Waals surface area contributed by atoms with Crippen molar-refractivity contribution in [2.24, 2.45) is 17.6 Å². The van der Waals surface area contributed by atoms with Gasteiger partial charge in [0.2, 0.25) is 0 Å². The number of primary amides is 1. The summed E-state index contributed by atoms with van der Waals surface area (Å²) >= 11 is 0. The molecule has 0 radical (unpaired) electrons. The topological polar surface area (TPSA) is 120 Å². The number of carbonyl (C=O) groups is 2. The summed E-state index contributed by atoms with van der Waals surface area (Å²) in [5.74, 6) is -1.15. The molecule has 1 aliphatic rings. The van der Waals surface area contributed by atoms with Crippen molar-refractivity contribution in [3.8, 4) is 0 Å². The monoisotopic (exact) mass is 520 g/mol. The summed E-state index contributed by atoms with van der Waals surface area (Å²) in [7, 11) is 3.06. The molecule has 0 spiro atoms. The van der Waals surface area contributed by atoms with Gasteiger partial charge in [0, 0.05) is 25.7 Å². The molecule has 0 saturated carbocycles. The fourth-order valence-electron chi connectivity index (χ4n) is 4.76. The minimum absolute atomic E-state index is 0.0958. The number of benzene rings is 1. The second-order valence-corrected chi connectivity index (χ2v) is 9.94. The smallest absolute Gasteiger partial charge is 0.405 e. The van der Waals surface area contributed by atoms with E-state index >= 15 is 0 Å². The van der Waals surface area contributed by atoms with Gasteiger partial charge in [0.1, 0.15) is 5.82 Å². The Morgan fingerprint density at radius 1 is 1.16 bits per heavy atom. The number of nitrogens with one attached hydrogen (secondary N) is 1. The molecule has 2 amide bonds. The molecule has 1 heterocycles. The van der Waals surface area contributed by atoms with Crippen LogP contribution >= 0.6 is 0 Å². The second kappa shape index (κ2) is 14.3. The highest BCUT2D eigenvalue weighted by molar-refractivity contribution is 6.03. The van der Waals surface area contributed by atoms with Crippen molar-refractivity contribution in [3.63, 3.8) is 0 Å². The first-order chi connectivity index (χ1) is 17.5. The van der Waals surface area contributed by atoms with E-state index in [2.05, 4.69) is 5.32 Å². The SMILES string of the molecule is CO[C@H]1C[C@H](C)Cc2ccc(F)c(c2)NC(=O)C(C)=CCC[C@H](OC)[C@@H](OC(N)=O)C(C)=C[C@H](C)[C@H]1O. The van der Waals surface area contributed by atoms with Crippen LogP contribution in [0.3, 0.4) is 0 Å². The predicted molar refractivity (Wildman–Crippen MR) is 140 cm³/mol. The number of hydrogen-bond acceptors (Lipinski definition) is 6. The highest BCUT2D eigenvalue weighted by atomic mass is 19.1. The molecular weight excluding hydrogens is 479 g/mol. The molecule has 0 aliphatic carbocycles. The Bertz CT molecular complexity index is 995. The zero-order chi connectivity index (χ0) is 27.7. The van der Waals surface area contributed by atoms with E-state index < -0.39 is 42.2 Å². The van der Waals surface area contributed by atoms with Gasteiger partial charge < -0.3 is 30.4 Å². The van der Waals surface area contributed by atoms with Gasteiger partial charge in [-0.1, -0.05) is 32.1 Å². The summed E-state index contributed by atoms with van der Waals surface area (Å²) in [6, 6.07) is 4.69. The Morgan fingerprint density at radius 3 is 2.46 bits per heavy atom. The third-order valence-electron chi connectivity index (χ3n) is 6.84. The summed E-state index contributed by atoms with van der Waals surface area (Å²) in [6.45, 7) is 7.35. The molecule has 2 bridgehead atoms. The van der Waals surface area contributed by atoms with Crippen LogP contribution in [0.1, 0.15) is 52.5 Å². The van der Waals surface area contributed by atoms with E-state index in [4.69, 9.17) is 19.9 Å². The van der Waals surface area contributed by atoms with Crippen molar-refractivity contribution in [1.82, 2.24) is 0 Å². The number of amides is 2. The second-order valence-electron chi connectivity index (χ2n) is 9.94. The van der Waals surface area contributed by atoms with Crippen LogP contribution in [0.2, 0.25) is 0 Å². The van der Waals surface area contributed by atoms with Crippen LogP contribution in [0.5, 0.6) is 0 Å². The highest BCUT2D eigenvalue weighted by Crippen LogP contribution is 2.26. The largest absolute Gasteiger partial charge is 0.439 e. The van der Waals surface area contributed by atoms with E-state index in [0.29, 0.717) is 36.8 Å². The molecule has 0 unspecified atom stereocenters. The molecule has 2 rings (SSSR count). The number of hydrogen-bond donors (Lipinski definition) is 3. The van der Waals surface area contributed by atoms with E-state index in [1.807, 2.05) is 19.9 Å². The molecular formula is C28H41FN2O6. The first-order valence-electron chi connectivity index (χ1n) is 12.6. The maximum Gasteiger partial charge on any atom is 0.405 e. The fraction of sp³-hybridized carbons (Fsp3) is 0.571. The molecule has 37 heavy (non-hydrogen) atoms. The van der Waals surface area contributed by atoms with Gasteiger partial charge in [-0.3, -0.25) is 4.79 Å². The van der Waals surface area contributed by atoms with E-state index in [1.165, 1.54) is 13.2 Å². The zero-order valence-corrected chi connectivity index (χ0v) is 22.6. The Morgan fingerprint density at radius 2 is 1.84 bits per heavy atom. The molecule has 1 aromatic rings. The minimum atomic E-state index is -0.940. The van der Waals surface area contributed by atoms with Gasteiger partial charge in [-0.2, -0.15) is 0 Å². The standard InChI is InChI=1S/C28H41FN2O6/c1-16-12-20-10-11-21(29)22(15-20)31-27(33)17(2)8-7-9-23(35-5)26(37-28(30)34)19(4)14-18(3)25(32)24(13-16)36-6/h8,10-11,14-16,18,23-26,32H,7,9,12-13H2,1-6H3,(H2,30,34)(H,31,33)/t16-,18+,23+,24+,25-,26+/m1/s1. The van der Waals surface area contributed by atoms with Gasteiger partial charge in [-0.25, -0.2) is 9.18 Å². The van der Waals surface area contributed by atoms with Gasteiger partial charge >= 0.3 is 6.09 Å².